The Bertz CT molecular complexity index is 650. The molecule has 0 radical (unpaired) electrons. The van der Waals surface area contributed by atoms with E-state index in [4.69, 9.17) is 0 Å². The Morgan fingerprint density at radius 3 is 1.31 bits per heavy atom. The van der Waals surface area contributed by atoms with Crippen LogP contribution < -0.4 is 5.32 Å². The van der Waals surface area contributed by atoms with Gasteiger partial charge < -0.3 is 0 Å². The van der Waals surface area contributed by atoms with Crippen LogP contribution in [0.2, 0.25) is 0 Å². The quantitative estimate of drug-likeness (QED) is 0.0480. The highest BCUT2D eigenvalue weighted by Crippen LogP contribution is 2.41. The predicted molar refractivity (Wildman–Crippen MR) is 204 cm³/mol. The zero-order valence-corrected chi connectivity index (χ0v) is 33.8. The molecule has 0 fully saturated rings. The maximum atomic E-state index is 4.47. The Hall–Kier alpha value is -0.200. The van der Waals surface area contributed by atoms with Crippen LogP contribution in [-0.4, -0.2) is 76.1 Å². The molecule has 5 nitrogen and oxygen atoms in total. The fourth-order valence-corrected chi connectivity index (χ4v) is 6.98. The summed E-state index contributed by atoms with van der Waals surface area (Å²) in [6.45, 7) is 40.6. The molecule has 0 saturated carbocycles. The van der Waals surface area contributed by atoms with E-state index in [9.17, 15) is 0 Å². The minimum Gasteiger partial charge on any atom is -0.272 e. The monoisotopic (exact) mass is 638 g/mol. The zero-order valence-electron chi connectivity index (χ0n) is 33.8. The molecule has 0 heterocycles. The van der Waals surface area contributed by atoms with E-state index in [1.54, 1.807) is 0 Å². The topological polar surface area (TPSA) is 25.0 Å². The van der Waals surface area contributed by atoms with Gasteiger partial charge in [-0.3, -0.25) is 10.2 Å². The largest absolute Gasteiger partial charge is 0.272 e. The first kappa shape index (κ1) is 44.8. The van der Waals surface area contributed by atoms with Crippen LogP contribution in [0.4, 0.5) is 0 Å². The Balaban J connectivity index is 7.73. The SMILES string of the molecule is CCCCCCN(CCCCCC)N(CC)C(NCCCCC)(N(CCC(C)C)CCC(C)C)N(C(C)(C)CC)C(C)(C)CC. The lowest BCUT2D eigenvalue weighted by Gasteiger charge is -2.66. The van der Waals surface area contributed by atoms with Gasteiger partial charge in [-0.2, -0.15) is 5.01 Å². The zero-order chi connectivity index (χ0) is 34.5. The van der Waals surface area contributed by atoms with Crippen molar-refractivity contribution in [1.29, 1.82) is 0 Å². The van der Waals surface area contributed by atoms with Crippen LogP contribution in [0.1, 0.15) is 193 Å². The van der Waals surface area contributed by atoms with Gasteiger partial charge in [0.2, 0.25) is 5.91 Å². The van der Waals surface area contributed by atoms with Gasteiger partial charge >= 0.3 is 0 Å². The van der Waals surface area contributed by atoms with Crippen molar-refractivity contribution in [2.75, 3.05) is 39.3 Å². The molecule has 1 unspecified atom stereocenters. The molecule has 0 rings (SSSR count). The number of nitrogens with one attached hydrogen (secondary N) is 1. The Labute approximate surface area is 286 Å². The average Bonchev–Trinajstić information content (AvgIpc) is 2.98. The molecule has 0 aromatic carbocycles. The highest BCUT2D eigenvalue weighted by atomic mass is 15.8. The van der Waals surface area contributed by atoms with E-state index in [-0.39, 0.29) is 11.1 Å². The molecule has 0 amide bonds. The van der Waals surface area contributed by atoms with E-state index in [1.807, 2.05) is 0 Å². The number of hydrogen-bond acceptors (Lipinski definition) is 5. The van der Waals surface area contributed by atoms with Crippen molar-refractivity contribution in [2.45, 2.75) is 210 Å². The van der Waals surface area contributed by atoms with Crippen molar-refractivity contribution >= 4 is 0 Å². The molecule has 0 aliphatic heterocycles. The molecule has 5 heteroatoms. The van der Waals surface area contributed by atoms with E-state index in [0.717, 1.165) is 52.1 Å². The molecule has 272 valence electrons. The average molecular weight is 638 g/mol. The molecule has 0 aromatic heterocycles. The van der Waals surface area contributed by atoms with E-state index >= 15 is 0 Å². The molecule has 0 aromatic rings. The lowest BCUT2D eigenvalue weighted by atomic mass is 9.87. The third-order valence-corrected chi connectivity index (χ3v) is 10.3. The van der Waals surface area contributed by atoms with Crippen molar-refractivity contribution in [2.24, 2.45) is 11.8 Å². The van der Waals surface area contributed by atoms with Crippen LogP contribution in [0.25, 0.3) is 0 Å². The van der Waals surface area contributed by atoms with Crippen molar-refractivity contribution in [3.8, 4) is 0 Å². The summed E-state index contributed by atoms with van der Waals surface area (Å²) in [4.78, 5) is 5.91. The summed E-state index contributed by atoms with van der Waals surface area (Å²) in [5.74, 6) is 0.928. The number of rotatable bonds is 30. The van der Waals surface area contributed by atoms with Gasteiger partial charge in [-0.25, -0.2) is 9.91 Å². The molecular weight excluding hydrogens is 550 g/mol. The van der Waals surface area contributed by atoms with Crippen LogP contribution in [-0.2, 0) is 0 Å². The fourth-order valence-electron chi connectivity index (χ4n) is 6.98. The van der Waals surface area contributed by atoms with Crippen LogP contribution in [0.3, 0.4) is 0 Å². The number of hydrogen-bond donors (Lipinski definition) is 1. The van der Waals surface area contributed by atoms with Gasteiger partial charge in [-0.15, -0.1) is 0 Å². The van der Waals surface area contributed by atoms with Crippen molar-refractivity contribution in [3.05, 3.63) is 0 Å². The van der Waals surface area contributed by atoms with Gasteiger partial charge in [0.15, 0.2) is 0 Å². The molecule has 1 atom stereocenters. The van der Waals surface area contributed by atoms with Crippen molar-refractivity contribution in [3.63, 3.8) is 0 Å². The highest BCUT2D eigenvalue weighted by molar-refractivity contribution is 5.02. The molecule has 1 N–H and O–H groups in total. The lowest BCUT2D eigenvalue weighted by molar-refractivity contribution is -0.308. The summed E-state index contributed by atoms with van der Waals surface area (Å²) in [7, 11) is 0. The molecule has 0 aliphatic rings. The van der Waals surface area contributed by atoms with Crippen molar-refractivity contribution in [1.82, 2.24) is 25.1 Å². The second-order valence-electron chi connectivity index (χ2n) is 16.1. The summed E-state index contributed by atoms with van der Waals surface area (Å²) in [6.07, 6.45) is 18.9. The summed E-state index contributed by atoms with van der Waals surface area (Å²) in [6, 6.07) is 0. The Morgan fingerprint density at radius 2 is 0.956 bits per heavy atom. The van der Waals surface area contributed by atoms with Crippen LogP contribution in [0.5, 0.6) is 0 Å². The molecule has 0 saturated heterocycles. The van der Waals surface area contributed by atoms with Gasteiger partial charge in [0.05, 0.1) is 0 Å². The lowest BCUT2D eigenvalue weighted by Crippen LogP contribution is -2.85. The normalized spacial score (nSPS) is 14.7. The van der Waals surface area contributed by atoms with Crippen LogP contribution >= 0.6 is 0 Å². The minimum absolute atomic E-state index is 0.00527. The first-order chi connectivity index (χ1) is 21.2. The van der Waals surface area contributed by atoms with E-state index in [0.29, 0.717) is 11.8 Å². The fraction of sp³-hybridized carbons (Fsp3) is 1.00. The van der Waals surface area contributed by atoms with E-state index < -0.39 is 5.91 Å². The Kier molecular flexibility index (Phi) is 23.9. The third-order valence-electron chi connectivity index (χ3n) is 10.3. The molecule has 0 bridgehead atoms. The molecular formula is C40H87N5. The predicted octanol–water partition coefficient (Wildman–Crippen LogP) is 11.2. The van der Waals surface area contributed by atoms with Gasteiger partial charge in [0, 0.05) is 43.8 Å². The smallest absolute Gasteiger partial charge is 0.203 e. The van der Waals surface area contributed by atoms with Crippen molar-refractivity contribution < 1.29 is 0 Å². The molecule has 0 aliphatic carbocycles. The van der Waals surface area contributed by atoms with Gasteiger partial charge in [0.1, 0.15) is 0 Å². The maximum Gasteiger partial charge on any atom is 0.203 e. The third kappa shape index (κ3) is 15.3. The maximum absolute atomic E-state index is 4.47. The highest BCUT2D eigenvalue weighted by Gasteiger charge is 2.56. The molecule has 45 heavy (non-hydrogen) atoms. The summed E-state index contributed by atoms with van der Waals surface area (Å²) < 4.78 is 0. The van der Waals surface area contributed by atoms with E-state index in [1.165, 1.54) is 83.5 Å². The number of hydrazine groups is 1. The standard InChI is InChI=1S/C40H87N5/c1-15-21-24-27-32-43(33-28-25-22-16-2)44(20-6)40(41-31-26-23-17-3,42(34-29-36(7)8)35-30-37(9)10)45(38(11,12)18-4)39(13,14)19-5/h36-37,41H,15-35H2,1-14H3. The summed E-state index contributed by atoms with van der Waals surface area (Å²) in [5.41, 5.74) is -0.0105. The summed E-state index contributed by atoms with van der Waals surface area (Å²) >= 11 is 0. The van der Waals surface area contributed by atoms with Gasteiger partial charge in [-0.1, -0.05) is 121 Å². The first-order valence-corrected chi connectivity index (χ1v) is 20.1. The number of unbranched alkanes of at least 4 members (excludes halogenated alkanes) is 8. The number of nitrogens with zero attached hydrogens (tertiary/aromatic N) is 4. The van der Waals surface area contributed by atoms with Gasteiger partial charge in [0.25, 0.3) is 0 Å². The summed E-state index contributed by atoms with van der Waals surface area (Å²) in [5, 5.41) is 10.2. The molecule has 0 spiro atoms. The van der Waals surface area contributed by atoms with Gasteiger partial charge in [-0.05, 0) is 91.0 Å². The minimum atomic E-state index is -0.416. The Morgan fingerprint density at radius 1 is 0.533 bits per heavy atom. The second-order valence-corrected chi connectivity index (χ2v) is 16.1. The van der Waals surface area contributed by atoms with Crippen LogP contribution in [0.15, 0.2) is 0 Å². The van der Waals surface area contributed by atoms with E-state index in [2.05, 4.69) is 122 Å². The second kappa shape index (κ2) is 24.0. The first-order valence-electron chi connectivity index (χ1n) is 20.1. The van der Waals surface area contributed by atoms with Crippen LogP contribution in [0, 0.1) is 11.8 Å².